The lowest BCUT2D eigenvalue weighted by atomic mass is 9.93. The van der Waals surface area contributed by atoms with E-state index < -0.39 is 5.41 Å². The van der Waals surface area contributed by atoms with Crippen LogP contribution in [0.4, 0.5) is 0 Å². The molecule has 0 radical (unpaired) electrons. The molecule has 1 aromatic rings. The van der Waals surface area contributed by atoms with Crippen molar-refractivity contribution >= 4 is 11.8 Å². The third-order valence-corrected chi connectivity index (χ3v) is 4.47. The number of amides is 2. The number of hydrogen-bond acceptors (Lipinski definition) is 4. The summed E-state index contributed by atoms with van der Waals surface area (Å²) in [7, 11) is 1.51. The third-order valence-electron chi connectivity index (χ3n) is 4.47. The number of phenolic OH excluding ortho intramolecular Hbond substituents is 1. The van der Waals surface area contributed by atoms with Crippen molar-refractivity contribution in [1.82, 2.24) is 10.2 Å². The molecule has 0 unspecified atom stereocenters. The molecule has 1 aromatic carbocycles. The zero-order valence-corrected chi connectivity index (χ0v) is 15.5. The summed E-state index contributed by atoms with van der Waals surface area (Å²) in [6.07, 6.45) is 1.86. The monoisotopic (exact) mass is 348 g/mol. The largest absolute Gasteiger partial charge is 0.507 e. The number of carbonyl (C=O) groups is 2. The average Bonchev–Trinajstić information content (AvgIpc) is 2.58. The molecule has 1 aliphatic rings. The maximum atomic E-state index is 12.7. The summed E-state index contributed by atoms with van der Waals surface area (Å²) < 4.78 is 5.05. The highest BCUT2D eigenvalue weighted by Gasteiger charge is 2.28. The number of phenols is 1. The maximum absolute atomic E-state index is 12.7. The fourth-order valence-corrected chi connectivity index (χ4v) is 2.91. The van der Waals surface area contributed by atoms with Crippen LogP contribution in [0.2, 0.25) is 0 Å². The molecule has 6 nitrogen and oxygen atoms in total. The van der Waals surface area contributed by atoms with E-state index >= 15 is 0 Å². The van der Waals surface area contributed by atoms with Crippen LogP contribution in [0.5, 0.6) is 11.5 Å². The van der Waals surface area contributed by atoms with Crippen molar-refractivity contribution < 1.29 is 19.4 Å². The van der Waals surface area contributed by atoms with Gasteiger partial charge in [0.1, 0.15) is 11.5 Å². The lowest BCUT2D eigenvalue weighted by molar-refractivity contribution is -0.128. The van der Waals surface area contributed by atoms with Crippen LogP contribution in [0, 0.1) is 11.3 Å². The zero-order valence-electron chi connectivity index (χ0n) is 15.5. The summed E-state index contributed by atoms with van der Waals surface area (Å²) in [4.78, 5) is 26.5. The highest BCUT2D eigenvalue weighted by molar-refractivity contribution is 5.97. The van der Waals surface area contributed by atoms with Gasteiger partial charge >= 0.3 is 0 Å². The second-order valence-corrected chi connectivity index (χ2v) is 7.60. The Morgan fingerprint density at radius 3 is 2.68 bits per heavy atom. The van der Waals surface area contributed by atoms with Gasteiger partial charge in [-0.25, -0.2) is 0 Å². The number of methoxy groups -OCH3 is 1. The number of ether oxygens (including phenoxy) is 1. The van der Waals surface area contributed by atoms with Crippen molar-refractivity contribution in [3.8, 4) is 11.5 Å². The molecule has 1 fully saturated rings. The number of aromatic hydroxyl groups is 1. The summed E-state index contributed by atoms with van der Waals surface area (Å²) in [6, 6.07) is 4.69. The lowest BCUT2D eigenvalue weighted by Gasteiger charge is -2.33. The van der Waals surface area contributed by atoms with Crippen LogP contribution in [-0.4, -0.2) is 48.6 Å². The van der Waals surface area contributed by atoms with Crippen LogP contribution in [0.15, 0.2) is 18.2 Å². The zero-order chi connectivity index (χ0) is 18.6. The first-order valence-corrected chi connectivity index (χ1v) is 8.67. The van der Waals surface area contributed by atoms with Crippen molar-refractivity contribution in [2.75, 3.05) is 26.7 Å². The predicted octanol–water partition coefficient (Wildman–Crippen LogP) is 2.42. The van der Waals surface area contributed by atoms with Crippen LogP contribution in [0.25, 0.3) is 0 Å². The minimum atomic E-state index is -0.418. The van der Waals surface area contributed by atoms with Crippen molar-refractivity contribution in [2.45, 2.75) is 33.6 Å². The Bertz CT molecular complexity index is 637. The quantitative estimate of drug-likeness (QED) is 0.876. The third kappa shape index (κ3) is 4.87. The summed E-state index contributed by atoms with van der Waals surface area (Å²) >= 11 is 0. The van der Waals surface area contributed by atoms with E-state index in [1.165, 1.54) is 13.2 Å². The van der Waals surface area contributed by atoms with E-state index in [4.69, 9.17) is 4.74 Å². The number of hydrogen-bond donors (Lipinski definition) is 2. The molecule has 0 spiro atoms. The van der Waals surface area contributed by atoms with Gasteiger partial charge in [-0.3, -0.25) is 9.59 Å². The molecule has 0 aliphatic carbocycles. The molecule has 138 valence electrons. The molecule has 2 rings (SSSR count). The van der Waals surface area contributed by atoms with Crippen LogP contribution in [0.1, 0.15) is 44.0 Å². The average molecular weight is 348 g/mol. The summed E-state index contributed by atoms with van der Waals surface area (Å²) in [6.45, 7) is 7.44. The first-order valence-electron chi connectivity index (χ1n) is 8.67. The van der Waals surface area contributed by atoms with Crippen molar-refractivity contribution in [3.05, 3.63) is 23.8 Å². The molecule has 1 atom stereocenters. The van der Waals surface area contributed by atoms with E-state index in [1.54, 1.807) is 17.0 Å². The number of piperidine rings is 1. The molecule has 0 bridgehead atoms. The maximum Gasteiger partial charge on any atom is 0.257 e. The molecule has 1 saturated heterocycles. The van der Waals surface area contributed by atoms with Crippen molar-refractivity contribution in [2.24, 2.45) is 11.3 Å². The fraction of sp³-hybridized carbons (Fsp3) is 0.579. The predicted molar refractivity (Wildman–Crippen MR) is 95.8 cm³/mol. The number of nitrogens with zero attached hydrogens (tertiary/aromatic N) is 1. The minimum absolute atomic E-state index is 0.0174. The summed E-state index contributed by atoms with van der Waals surface area (Å²) in [5, 5.41) is 13.0. The number of nitrogens with one attached hydrogen (secondary N) is 1. The summed E-state index contributed by atoms with van der Waals surface area (Å²) in [5.74, 6) is 0.489. The van der Waals surface area contributed by atoms with Crippen LogP contribution in [0.3, 0.4) is 0 Å². The SMILES string of the molecule is COc1ccc(C(=O)N2CCC[C@@H](CNC(=O)C(C)(C)C)C2)c(O)c1. The Balaban J connectivity index is 1.98. The van der Waals surface area contributed by atoms with Crippen molar-refractivity contribution in [3.63, 3.8) is 0 Å². The topological polar surface area (TPSA) is 78.9 Å². The second-order valence-electron chi connectivity index (χ2n) is 7.60. The molecule has 2 amide bonds. The fourth-order valence-electron chi connectivity index (χ4n) is 2.91. The van der Waals surface area contributed by atoms with E-state index in [-0.39, 0.29) is 29.0 Å². The highest BCUT2D eigenvalue weighted by Crippen LogP contribution is 2.26. The van der Waals surface area contributed by atoms with E-state index in [0.717, 1.165) is 12.8 Å². The molecule has 2 N–H and O–H groups in total. The molecule has 6 heteroatoms. The minimum Gasteiger partial charge on any atom is -0.507 e. The van der Waals surface area contributed by atoms with Gasteiger partial charge in [-0.2, -0.15) is 0 Å². The Hall–Kier alpha value is -2.24. The number of benzene rings is 1. The number of rotatable bonds is 4. The van der Waals surface area contributed by atoms with Gasteiger partial charge in [0, 0.05) is 31.1 Å². The first kappa shape index (κ1) is 19.1. The molecule has 25 heavy (non-hydrogen) atoms. The molecule has 1 heterocycles. The van der Waals surface area contributed by atoms with Crippen LogP contribution in [-0.2, 0) is 4.79 Å². The van der Waals surface area contributed by atoms with E-state index in [2.05, 4.69) is 5.32 Å². The van der Waals surface area contributed by atoms with Gasteiger partial charge in [-0.05, 0) is 30.9 Å². The smallest absolute Gasteiger partial charge is 0.257 e. The lowest BCUT2D eigenvalue weighted by Crippen LogP contribution is -2.45. The van der Waals surface area contributed by atoms with Gasteiger partial charge < -0.3 is 20.1 Å². The van der Waals surface area contributed by atoms with E-state index in [1.807, 2.05) is 20.8 Å². The van der Waals surface area contributed by atoms with Crippen molar-refractivity contribution in [1.29, 1.82) is 0 Å². The standard InChI is InChI=1S/C19H28N2O4/c1-19(2,3)18(24)20-11-13-6-5-9-21(12-13)17(23)15-8-7-14(25-4)10-16(15)22/h7-8,10,13,22H,5-6,9,11-12H2,1-4H3,(H,20,24)/t13-/m0/s1. The first-order chi connectivity index (χ1) is 11.7. The summed E-state index contributed by atoms with van der Waals surface area (Å²) in [5.41, 5.74) is -0.140. The number of carbonyl (C=O) groups excluding carboxylic acids is 2. The number of likely N-dealkylation sites (tertiary alicyclic amines) is 1. The molecular formula is C19H28N2O4. The molecular weight excluding hydrogens is 320 g/mol. The highest BCUT2D eigenvalue weighted by atomic mass is 16.5. The van der Waals surface area contributed by atoms with Gasteiger partial charge in [0.05, 0.1) is 12.7 Å². The van der Waals surface area contributed by atoms with Gasteiger partial charge in [0.25, 0.3) is 5.91 Å². The Kier molecular flexibility index (Phi) is 5.93. The van der Waals surface area contributed by atoms with E-state index in [9.17, 15) is 14.7 Å². The normalized spacial score (nSPS) is 17.9. The van der Waals surface area contributed by atoms with Gasteiger partial charge in [-0.1, -0.05) is 20.8 Å². The Labute approximate surface area is 149 Å². The molecule has 0 aromatic heterocycles. The van der Waals surface area contributed by atoms with Gasteiger partial charge in [0.15, 0.2) is 0 Å². The second kappa shape index (κ2) is 7.76. The van der Waals surface area contributed by atoms with Gasteiger partial charge in [0.2, 0.25) is 5.91 Å². The van der Waals surface area contributed by atoms with Crippen LogP contribution < -0.4 is 10.1 Å². The van der Waals surface area contributed by atoms with E-state index in [0.29, 0.717) is 25.4 Å². The Morgan fingerprint density at radius 1 is 1.36 bits per heavy atom. The van der Waals surface area contributed by atoms with Gasteiger partial charge in [-0.15, -0.1) is 0 Å². The molecule has 0 saturated carbocycles. The molecule has 1 aliphatic heterocycles. The van der Waals surface area contributed by atoms with Crippen LogP contribution >= 0.6 is 0 Å². The Morgan fingerprint density at radius 2 is 2.08 bits per heavy atom.